The Kier molecular flexibility index (Phi) is 4.66. The van der Waals surface area contributed by atoms with Gasteiger partial charge < -0.3 is 23.7 Å². The van der Waals surface area contributed by atoms with Gasteiger partial charge in [0.25, 0.3) is 0 Å². The van der Waals surface area contributed by atoms with E-state index in [0.717, 1.165) is 11.1 Å². The number of nitrogens with zero attached hydrogens (tertiary/aromatic N) is 1. The maximum Gasteiger partial charge on any atom is 0.313 e. The summed E-state index contributed by atoms with van der Waals surface area (Å²) in [5.41, 5.74) is 0.913. The van der Waals surface area contributed by atoms with Gasteiger partial charge in [0.2, 0.25) is 0 Å². The van der Waals surface area contributed by atoms with E-state index in [0.29, 0.717) is 17.1 Å². The van der Waals surface area contributed by atoms with Crippen LogP contribution in [-0.4, -0.2) is 45.4 Å². The van der Waals surface area contributed by atoms with Crippen LogP contribution in [0.5, 0.6) is 11.5 Å². The van der Waals surface area contributed by atoms with Crippen LogP contribution in [-0.2, 0) is 29.4 Å². The normalized spacial score (nSPS) is 26.6. The highest BCUT2D eigenvalue weighted by Crippen LogP contribution is 2.65. The number of pyridine rings is 1. The van der Waals surface area contributed by atoms with Crippen LogP contribution in [0.1, 0.15) is 22.8 Å². The van der Waals surface area contributed by atoms with Crippen LogP contribution in [0.2, 0.25) is 0 Å². The molecular formula is C21H21NO7. The van der Waals surface area contributed by atoms with E-state index >= 15 is 0 Å². The highest BCUT2D eigenvalue weighted by molar-refractivity contribution is 5.87. The van der Waals surface area contributed by atoms with Crippen LogP contribution in [0.4, 0.5) is 0 Å². The number of methoxy groups -OCH3 is 4. The summed E-state index contributed by atoms with van der Waals surface area (Å²) in [6.45, 7) is 0. The quantitative estimate of drug-likeness (QED) is 0.705. The molecule has 0 unspecified atom stereocenters. The third kappa shape index (κ3) is 2.52. The molecule has 4 rings (SSSR count). The topological polar surface area (TPSA) is 93.2 Å². The Labute approximate surface area is 167 Å². The first-order valence-electron chi connectivity index (χ1n) is 9.03. The molecule has 0 aliphatic carbocycles. The van der Waals surface area contributed by atoms with Crippen molar-refractivity contribution < 1.29 is 33.3 Å². The first-order chi connectivity index (χ1) is 14.0. The molecule has 8 nitrogen and oxygen atoms in total. The van der Waals surface area contributed by atoms with Crippen molar-refractivity contribution in [1.82, 2.24) is 4.98 Å². The standard InChI is InChI=1S/C21H21NO7/c1-25-14-9-12-13(10-15(14)26-2)21(11-5-7-22-8-6-11)17(20(24)28-4)16(18(12)29-21)19(23)27-3/h5-10,16-18H,1-4H3/t16-,17-,18+,21-/m0/s1. The third-order valence-corrected chi connectivity index (χ3v) is 5.74. The summed E-state index contributed by atoms with van der Waals surface area (Å²) in [6.07, 6.45) is 2.52. The number of hydrogen-bond acceptors (Lipinski definition) is 8. The Morgan fingerprint density at radius 3 is 2.17 bits per heavy atom. The van der Waals surface area contributed by atoms with E-state index < -0.39 is 35.5 Å². The number of hydrogen-bond donors (Lipinski definition) is 0. The van der Waals surface area contributed by atoms with Crippen LogP contribution in [0, 0.1) is 11.8 Å². The largest absolute Gasteiger partial charge is 0.493 e. The first-order valence-corrected chi connectivity index (χ1v) is 9.03. The molecule has 0 N–H and O–H groups in total. The van der Waals surface area contributed by atoms with Gasteiger partial charge in [-0.1, -0.05) is 0 Å². The number of benzene rings is 1. The second-order valence-corrected chi connectivity index (χ2v) is 6.85. The van der Waals surface area contributed by atoms with Gasteiger partial charge in [-0.2, -0.15) is 0 Å². The van der Waals surface area contributed by atoms with E-state index in [9.17, 15) is 9.59 Å². The van der Waals surface area contributed by atoms with Gasteiger partial charge >= 0.3 is 11.9 Å². The fourth-order valence-electron chi connectivity index (χ4n) is 4.55. The van der Waals surface area contributed by atoms with E-state index in [-0.39, 0.29) is 0 Å². The van der Waals surface area contributed by atoms with Crippen LogP contribution in [0.3, 0.4) is 0 Å². The highest BCUT2D eigenvalue weighted by Gasteiger charge is 2.68. The molecule has 1 saturated heterocycles. The molecular weight excluding hydrogens is 378 g/mol. The van der Waals surface area contributed by atoms with Crippen molar-refractivity contribution in [1.29, 1.82) is 0 Å². The second kappa shape index (κ2) is 7.04. The predicted octanol–water partition coefficient (Wildman–Crippen LogP) is 2.01. The van der Waals surface area contributed by atoms with Gasteiger partial charge in [-0.25, -0.2) is 0 Å². The van der Waals surface area contributed by atoms with Gasteiger partial charge in [0.15, 0.2) is 11.5 Å². The van der Waals surface area contributed by atoms with Crippen LogP contribution < -0.4 is 9.47 Å². The monoisotopic (exact) mass is 399 g/mol. The SMILES string of the molecule is COC(=O)[C@@H]1[C@@H]2O[C@@](c3ccncc3)(c3cc(OC)c(OC)cc32)[C@@H]1C(=O)OC. The van der Waals surface area contributed by atoms with Crippen molar-refractivity contribution in [2.45, 2.75) is 11.7 Å². The number of carbonyl (C=O) groups excluding carboxylic acids is 2. The molecule has 29 heavy (non-hydrogen) atoms. The molecule has 152 valence electrons. The molecule has 1 aromatic carbocycles. The lowest BCUT2D eigenvalue weighted by atomic mass is 9.66. The lowest BCUT2D eigenvalue weighted by Gasteiger charge is -2.35. The fourth-order valence-corrected chi connectivity index (χ4v) is 4.55. The zero-order chi connectivity index (χ0) is 20.8. The second-order valence-electron chi connectivity index (χ2n) is 6.85. The summed E-state index contributed by atoms with van der Waals surface area (Å²) in [5, 5.41) is 0. The minimum atomic E-state index is -1.24. The van der Waals surface area contributed by atoms with Gasteiger partial charge in [-0.15, -0.1) is 0 Å². The average molecular weight is 399 g/mol. The molecule has 2 aliphatic rings. The summed E-state index contributed by atoms with van der Waals surface area (Å²) in [5.74, 6) is -1.90. The number of carbonyl (C=O) groups is 2. The van der Waals surface area contributed by atoms with Gasteiger partial charge in [0.05, 0.1) is 34.5 Å². The number of fused-ring (bicyclic) bond motifs is 5. The number of esters is 2. The Balaban J connectivity index is 2.04. The van der Waals surface area contributed by atoms with Crippen molar-refractivity contribution in [3.05, 3.63) is 53.3 Å². The molecule has 4 atom stereocenters. The lowest BCUT2D eigenvalue weighted by molar-refractivity contribution is -0.158. The summed E-state index contributed by atoms with van der Waals surface area (Å²) in [4.78, 5) is 29.7. The summed E-state index contributed by atoms with van der Waals surface area (Å²) in [7, 11) is 5.65. The maximum absolute atomic E-state index is 12.9. The number of aromatic nitrogens is 1. The molecule has 8 heteroatoms. The number of ether oxygens (including phenoxy) is 5. The molecule has 0 spiro atoms. The van der Waals surface area contributed by atoms with Gasteiger partial charge in [-0.05, 0) is 41.0 Å². The van der Waals surface area contributed by atoms with Crippen molar-refractivity contribution in [3.63, 3.8) is 0 Å². The van der Waals surface area contributed by atoms with Crippen LogP contribution in [0.15, 0.2) is 36.7 Å². The van der Waals surface area contributed by atoms with Crippen molar-refractivity contribution in [3.8, 4) is 11.5 Å². The lowest BCUT2D eigenvalue weighted by Crippen LogP contribution is -2.45. The minimum Gasteiger partial charge on any atom is -0.493 e. The van der Waals surface area contributed by atoms with E-state index in [4.69, 9.17) is 23.7 Å². The molecule has 3 heterocycles. The first kappa shape index (κ1) is 19.2. The van der Waals surface area contributed by atoms with Crippen LogP contribution >= 0.6 is 0 Å². The van der Waals surface area contributed by atoms with Crippen molar-refractivity contribution in [2.24, 2.45) is 11.8 Å². The van der Waals surface area contributed by atoms with Gasteiger partial charge in [-0.3, -0.25) is 14.6 Å². The predicted molar refractivity (Wildman–Crippen MR) is 99.4 cm³/mol. The zero-order valence-electron chi connectivity index (χ0n) is 16.5. The molecule has 0 radical (unpaired) electrons. The minimum absolute atomic E-state index is 0.495. The Morgan fingerprint density at radius 1 is 0.966 bits per heavy atom. The van der Waals surface area contributed by atoms with Crippen molar-refractivity contribution >= 4 is 11.9 Å². The molecule has 1 aromatic heterocycles. The molecule has 1 fully saturated rings. The summed E-state index contributed by atoms with van der Waals surface area (Å²) < 4.78 is 27.4. The Morgan fingerprint density at radius 2 is 1.59 bits per heavy atom. The summed E-state index contributed by atoms with van der Waals surface area (Å²) >= 11 is 0. The van der Waals surface area contributed by atoms with Crippen LogP contribution in [0.25, 0.3) is 0 Å². The van der Waals surface area contributed by atoms with E-state index in [1.54, 1.807) is 36.7 Å². The highest BCUT2D eigenvalue weighted by atomic mass is 16.6. The fraction of sp³-hybridized carbons (Fsp3) is 0.381. The van der Waals surface area contributed by atoms with E-state index in [1.165, 1.54) is 28.4 Å². The third-order valence-electron chi connectivity index (χ3n) is 5.74. The smallest absolute Gasteiger partial charge is 0.313 e. The van der Waals surface area contributed by atoms with Gasteiger partial charge in [0, 0.05) is 12.4 Å². The van der Waals surface area contributed by atoms with E-state index in [2.05, 4.69) is 4.98 Å². The Hall–Kier alpha value is -3.13. The molecule has 0 amide bonds. The summed E-state index contributed by atoms with van der Waals surface area (Å²) in [6, 6.07) is 7.10. The van der Waals surface area contributed by atoms with E-state index in [1.807, 2.05) is 0 Å². The van der Waals surface area contributed by atoms with Crippen molar-refractivity contribution in [2.75, 3.05) is 28.4 Å². The zero-order valence-corrected chi connectivity index (χ0v) is 16.5. The molecule has 2 aromatic rings. The molecule has 2 aliphatic heterocycles. The molecule has 2 bridgehead atoms. The Bertz CT molecular complexity index is 961. The molecule has 0 saturated carbocycles. The maximum atomic E-state index is 12.9. The van der Waals surface area contributed by atoms with Gasteiger partial charge in [0.1, 0.15) is 17.4 Å². The average Bonchev–Trinajstić information content (AvgIpc) is 3.30. The number of rotatable bonds is 5.